The van der Waals surface area contributed by atoms with E-state index in [1.807, 2.05) is 34.6 Å². The molecule has 0 aromatic heterocycles. The SMILES string of the molecule is CC(O)CCN(C)C(C)CCC(C)NC(=O)OC(C)(C)C. The van der Waals surface area contributed by atoms with E-state index < -0.39 is 5.60 Å². The third kappa shape index (κ3) is 11.5. The lowest BCUT2D eigenvalue weighted by atomic mass is 10.1. The van der Waals surface area contributed by atoms with Crippen molar-refractivity contribution in [3.63, 3.8) is 0 Å². The van der Waals surface area contributed by atoms with Crippen LogP contribution in [0.4, 0.5) is 4.79 Å². The summed E-state index contributed by atoms with van der Waals surface area (Å²) < 4.78 is 5.24. The van der Waals surface area contributed by atoms with Crippen LogP contribution in [0, 0.1) is 0 Å². The maximum absolute atomic E-state index is 11.7. The monoisotopic (exact) mass is 302 g/mol. The zero-order valence-electron chi connectivity index (χ0n) is 14.8. The predicted molar refractivity (Wildman–Crippen MR) is 86.5 cm³/mol. The Hall–Kier alpha value is -0.810. The topological polar surface area (TPSA) is 61.8 Å². The normalized spacial score (nSPS) is 16.4. The van der Waals surface area contributed by atoms with Gasteiger partial charge in [-0.1, -0.05) is 0 Å². The predicted octanol–water partition coefficient (Wildman–Crippen LogP) is 2.77. The standard InChI is InChI=1S/C16H34N2O3/c1-12(17-15(20)21-16(4,5)6)8-9-13(2)18(7)11-10-14(3)19/h12-14,19H,8-11H2,1-7H3,(H,17,20). The van der Waals surface area contributed by atoms with Crippen molar-refractivity contribution in [1.29, 1.82) is 0 Å². The van der Waals surface area contributed by atoms with E-state index in [1.54, 1.807) is 0 Å². The molecule has 2 N–H and O–H groups in total. The highest BCUT2D eigenvalue weighted by Gasteiger charge is 2.18. The van der Waals surface area contributed by atoms with Crippen LogP contribution in [-0.2, 0) is 4.74 Å². The van der Waals surface area contributed by atoms with Gasteiger partial charge in [-0.05, 0) is 67.9 Å². The van der Waals surface area contributed by atoms with E-state index in [-0.39, 0.29) is 18.2 Å². The first-order valence-corrected chi connectivity index (χ1v) is 7.89. The van der Waals surface area contributed by atoms with Crippen LogP contribution in [0.15, 0.2) is 0 Å². The number of rotatable bonds is 8. The van der Waals surface area contributed by atoms with Gasteiger partial charge >= 0.3 is 6.09 Å². The first-order valence-electron chi connectivity index (χ1n) is 7.89. The molecule has 5 nitrogen and oxygen atoms in total. The van der Waals surface area contributed by atoms with Crippen molar-refractivity contribution in [2.45, 2.75) is 84.6 Å². The van der Waals surface area contributed by atoms with Gasteiger partial charge < -0.3 is 20.1 Å². The third-order valence-corrected chi connectivity index (χ3v) is 3.43. The van der Waals surface area contributed by atoms with E-state index in [4.69, 9.17) is 4.74 Å². The fourth-order valence-corrected chi connectivity index (χ4v) is 1.90. The molecule has 5 heteroatoms. The van der Waals surface area contributed by atoms with Crippen LogP contribution in [-0.4, -0.2) is 53.5 Å². The second-order valence-corrected chi connectivity index (χ2v) is 7.09. The highest BCUT2D eigenvalue weighted by molar-refractivity contribution is 5.67. The second kappa shape index (κ2) is 9.26. The summed E-state index contributed by atoms with van der Waals surface area (Å²) in [4.78, 5) is 13.9. The van der Waals surface area contributed by atoms with Crippen molar-refractivity contribution < 1.29 is 14.6 Å². The molecule has 0 saturated carbocycles. The number of carbonyl (C=O) groups excluding carboxylic acids is 1. The summed E-state index contributed by atoms with van der Waals surface area (Å²) in [5.74, 6) is 0. The van der Waals surface area contributed by atoms with Crippen LogP contribution in [0.5, 0.6) is 0 Å². The summed E-state index contributed by atoms with van der Waals surface area (Å²) in [5.41, 5.74) is -0.460. The van der Waals surface area contributed by atoms with Crippen molar-refractivity contribution in [3.8, 4) is 0 Å². The molecule has 0 rings (SSSR count). The van der Waals surface area contributed by atoms with E-state index in [2.05, 4.69) is 24.2 Å². The maximum atomic E-state index is 11.7. The van der Waals surface area contributed by atoms with E-state index >= 15 is 0 Å². The Morgan fingerprint density at radius 1 is 1.19 bits per heavy atom. The Morgan fingerprint density at radius 3 is 2.24 bits per heavy atom. The minimum Gasteiger partial charge on any atom is -0.444 e. The summed E-state index contributed by atoms with van der Waals surface area (Å²) in [6, 6.07) is 0.513. The summed E-state index contributed by atoms with van der Waals surface area (Å²) in [6.07, 6.45) is 2.07. The number of hydrogen-bond donors (Lipinski definition) is 2. The summed E-state index contributed by atoms with van der Waals surface area (Å²) in [6.45, 7) is 12.4. The van der Waals surface area contributed by atoms with Gasteiger partial charge in [0.05, 0.1) is 6.10 Å². The fourth-order valence-electron chi connectivity index (χ4n) is 1.90. The molecule has 0 saturated heterocycles. The number of nitrogens with one attached hydrogen (secondary N) is 1. The highest BCUT2D eigenvalue weighted by atomic mass is 16.6. The average molecular weight is 302 g/mol. The Morgan fingerprint density at radius 2 is 1.76 bits per heavy atom. The minimum atomic E-state index is -0.460. The number of aliphatic hydroxyl groups excluding tert-OH is 1. The van der Waals surface area contributed by atoms with Gasteiger partial charge in [-0.3, -0.25) is 0 Å². The van der Waals surface area contributed by atoms with E-state index in [0.717, 1.165) is 25.8 Å². The number of carbonyl (C=O) groups is 1. The minimum absolute atomic E-state index is 0.0902. The number of hydrogen-bond acceptors (Lipinski definition) is 4. The average Bonchev–Trinajstić information content (AvgIpc) is 2.30. The van der Waals surface area contributed by atoms with Crippen LogP contribution >= 0.6 is 0 Å². The van der Waals surface area contributed by atoms with E-state index in [1.165, 1.54) is 0 Å². The first kappa shape index (κ1) is 20.2. The number of nitrogens with zero attached hydrogens (tertiary/aromatic N) is 1. The van der Waals surface area contributed by atoms with Crippen LogP contribution in [0.3, 0.4) is 0 Å². The first-order chi connectivity index (χ1) is 9.51. The molecule has 1 amide bonds. The Labute approximate surface area is 130 Å². The van der Waals surface area contributed by atoms with Gasteiger partial charge in [-0.2, -0.15) is 0 Å². The molecule has 21 heavy (non-hydrogen) atoms. The molecular formula is C16H34N2O3. The number of ether oxygens (including phenoxy) is 1. The maximum Gasteiger partial charge on any atom is 0.407 e. The zero-order chi connectivity index (χ0) is 16.6. The van der Waals surface area contributed by atoms with Gasteiger partial charge in [0, 0.05) is 18.6 Å². The third-order valence-electron chi connectivity index (χ3n) is 3.43. The number of alkyl carbamates (subject to hydrolysis) is 1. The molecule has 0 aliphatic carbocycles. The smallest absolute Gasteiger partial charge is 0.407 e. The molecule has 0 spiro atoms. The lowest BCUT2D eigenvalue weighted by molar-refractivity contribution is 0.0503. The van der Waals surface area contributed by atoms with Crippen molar-refractivity contribution in [3.05, 3.63) is 0 Å². The summed E-state index contributed by atoms with van der Waals surface area (Å²) >= 11 is 0. The molecule has 0 aliphatic heterocycles. The van der Waals surface area contributed by atoms with Gasteiger partial charge in [0.25, 0.3) is 0 Å². The molecule has 0 aromatic carbocycles. The lowest BCUT2D eigenvalue weighted by Gasteiger charge is -2.27. The molecule has 0 heterocycles. The largest absolute Gasteiger partial charge is 0.444 e. The highest BCUT2D eigenvalue weighted by Crippen LogP contribution is 2.10. The number of aliphatic hydroxyl groups is 1. The van der Waals surface area contributed by atoms with Crippen LogP contribution in [0.1, 0.15) is 60.8 Å². The van der Waals surface area contributed by atoms with Crippen molar-refractivity contribution in [2.24, 2.45) is 0 Å². The fraction of sp³-hybridized carbons (Fsp3) is 0.938. The van der Waals surface area contributed by atoms with Crippen LogP contribution in [0.2, 0.25) is 0 Å². The van der Waals surface area contributed by atoms with Gasteiger partial charge in [-0.25, -0.2) is 4.79 Å². The molecule has 0 aliphatic rings. The molecule has 0 aromatic rings. The van der Waals surface area contributed by atoms with Crippen LogP contribution in [0.25, 0.3) is 0 Å². The molecule has 3 atom stereocenters. The molecule has 0 bridgehead atoms. The van der Waals surface area contributed by atoms with Crippen molar-refractivity contribution in [1.82, 2.24) is 10.2 Å². The molecule has 3 unspecified atom stereocenters. The lowest BCUT2D eigenvalue weighted by Crippen LogP contribution is -2.39. The Kier molecular flexibility index (Phi) is 8.90. The Bertz CT molecular complexity index is 300. The van der Waals surface area contributed by atoms with Crippen LogP contribution < -0.4 is 5.32 Å². The summed E-state index contributed by atoms with van der Waals surface area (Å²) in [5, 5.41) is 12.2. The quantitative estimate of drug-likeness (QED) is 0.724. The zero-order valence-corrected chi connectivity index (χ0v) is 14.8. The molecule has 126 valence electrons. The van der Waals surface area contributed by atoms with E-state index in [9.17, 15) is 9.90 Å². The Balaban J connectivity index is 3.96. The summed E-state index contributed by atoms with van der Waals surface area (Å²) in [7, 11) is 2.07. The van der Waals surface area contributed by atoms with Gasteiger partial charge in [-0.15, -0.1) is 0 Å². The molecule has 0 fully saturated rings. The van der Waals surface area contributed by atoms with Crippen molar-refractivity contribution in [2.75, 3.05) is 13.6 Å². The number of amides is 1. The van der Waals surface area contributed by atoms with Gasteiger partial charge in [0.15, 0.2) is 0 Å². The van der Waals surface area contributed by atoms with E-state index in [0.29, 0.717) is 6.04 Å². The van der Waals surface area contributed by atoms with Gasteiger partial charge in [0.2, 0.25) is 0 Å². The van der Waals surface area contributed by atoms with Gasteiger partial charge in [0.1, 0.15) is 5.60 Å². The molecule has 0 radical (unpaired) electrons. The molecular weight excluding hydrogens is 268 g/mol. The second-order valence-electron chi connectivity index (χ2n) is 7.09. The van der Waals surface area contributed by atoms with Crippen molar-refractivity contribution >= 4 is 6.09 Å².